The summed E-state index contributed by atoms with van der Waals surface area (Å²) in [5.74, 6) is -1.44. The van der Waals surface area contributed by atoms with Crippen molar-refractivity contribution < 1.29 is 19.1 Å². The first-order valence-electron chi connectivity index (χ1n) is 6.45. The highest BCUT2D eigenvalue weighted by atomic mass is 35.5. The predicted molar refractivity (Wildman–Crippen MR) is 86.3 cm³/mol. The molecular weight excluding hydrogens is 343 g/mol. The van der Waals surface area contributed by atoms with Crippen LogP contribution in [0, 0.1) is 11.3 Å². The molecule has 1 aromatic carbocycles. The molecule has 0 saturated carbocycles. The maximum atomic E-state index is 11.7. The molecule has 6 nitrogen and oxygen atoms in total. The van der Waals surface area contributed by atoms with Gasteiger partial charge in [0.2, 0.25) is 0 Å². The highest BCUT2D eigenvalue weighted by Crippen LogP contribution is 2.30. The van der Waals surface area contributed by atoms with Crippen LogP contribution in [0.1, 0.15) is 24.2 Å². The molecule has 0 amide bonds. The van der Waals surface area contributed by atoms with E-state index in [1.54, 1.807) is 19.9 Å². The van der Waals surface area contributed by atoms with Crippen molar-refractivity contribution in [3.63, 3.8) is 0 Å². The summed E-state index contributed by atoms with van der Waals surface area (Å²) < 4.78 is 9.53. The Hall–Kier alpha value is -2.23. The Kier molecular flexibility index (Phi) is 6.89. The third kappa shape index (κ3) is 5.16. The van der Waals surface area contributed by atoms with Crippen LogP contribution in [0.25, 0.3) is 0 Å². The number of carbonyl (C=O) groups is 2. The number of hydrogen-bond donors (Lipinski definition) is 1. The number of halogens is 2. The van der Waals surface area contributed by atoms with E-state index in [1.807, 2.05) is 0 Å². The number of anilines is 1. The quantitative estimate of drug-likeness (QED) is 0.493. The van der Waals surface area contributed by atoms with Gasteiger partial charge < -0.3 is 14.8 Å². The lowest BCUT2D eigenvalue weighted by Gasteiger charge is -2.10. The number of hydrogen-bond acceptors (Lipinski definition) is 6. The van der Waals surface area contributed by atoms with Gasteiger partial charge in [0.1, 0.15) is 6.07 Å². The van der Waals surface area contributed by atoms with E-state index in [0.717, 1.165) is 6.20 Å². The molecule has 0 atom stereocenters. The summed E-state index contributed by atoms with van der Waals surface area (Å²) in [7, 11) is 1.21. The Bertz CT molecular complexity index is 693. The monoisotopic (exact) mass is 356 g/mol. The third-order valence-corrected chi connectivity index (χ3v) is 3.12. The van der Waals surface area contributed by atoms with Crippen LogP contribution in [-0.2, 0) is 14.3 Å². The Labute approximate surface area is 143 Å². The largest absolute Gasteiger partial charge is 0.465 e. The molecule has 0 aromatic heterocycles. The van der Waals surface area contributed by atoms with Gasteiger partial charge in [-0.3, -0.25) is 0 Å². The smallest absolute Gasteiger partial charge is 0.350 e. The summed E-state index contributed by atoms with van der Waals surface area (Å²) in [6.07, 6.45) is 0.767. The Morgan fingerprint density at radius 1 is 1.35 bits per heavy atom. The van der Waals surface area contributed by atoms with Crippen LogP contribution in [0.4, 0.5) is 5.69 Å². The lowest BCUT2D eigenvalue weighted by Crippen LogP contribution is -2.13. The Morgan fingerprint density at radius 3 is 2.52 bits per heavy atom. The van der Waals surface area contributed by atoms with Gasteiger partial charge in [-0.2, -0.15) is 5.26 Å². The number of benzene rings is 1. The van der Waals surface area contributed by atoms with Gasteiger partial charge in [-0.05, 0) is 26.0 Å². The van der Waals surface area contributed by atoms with Crippen molar-refractivity contribution in [3.8, 4) is 6.07 Å². The normalized spacial score (nSPS) is 10.9. The molecule has 0 fully saturated rings. The number of nitriles is 1. The Morgan fingerprint density at radius 2 is 2.00 bits per heavy atom. The molecule has 1 aromatic rings. The zero-order valence-corrected chi connectivity index (χ0v) is 14.2. The molecule has 1 rings (SSSR count). The average Bonchev–Trinajstić information content (AvgIpc) is 2.49. The molecule has 0 aliphatic carbocycles. The van der Waals surface area contributed by atoms with E-state index in [4.69, 9.17) is 33.2 Å². The van der Waals surface area contributed by atoms with Crippen molar-refractivity contribution in [2.75, 3.05) is 12.4 Å². The predicted octanol–water partition coefficient (Wildman–Crippen LogP) is 3.55. The van der Waals surface area contributed by atoms with E-state index >= 15 is 0 Å². The van der Waals surface area contributed by atoms with Gasteiger partial charge in [0.15, 0.2) is 5.57 Å². The first-order valence-corrected chi connectivity index (χ1v) is 7.20. The van der Waals surface area contributed by atoms with Gasteiger partial charge in [0.05, 0.1) is 29.5 Å². The van der Waals surface area contributed by atoms with Crippen molar-refractivity contribution in [2.24, 2.45) is 0 Å². The standard InChI is InChI=1S/C15H14Cl2N2O4/c1-8(2)23-14(20)9(6-18)7-19-12-5-10(16)4-11(13(12)17)15(21)22-3/h4-5,7-8,19H,1-3H3. The zero-order valence-electron chi connectivity index (χ0n) is 12.6. The van der Waals surface area contributed by atoms with Crippen LogP contribution < -0.4 is 5.32 Å². The van der Waals surface area contributed by atoms with E-state index in [0.29, 0.717) is 0 Å². The number of ether oxygens (including phenoxy) is 2. The first-order chi connectivity index (χ1) is 10.8. The summed E-state index contributed by atoms with van der Waals surface area (Å²) in [5.41, 5.74) is 0.0415. The fraction of sp³-hybridized carbons (Fsp3) is 0.267. The van der Waals surface area contributed by atoms with Gasteiger partial charge in [-0.15, -0.1) is 0 Å². The first kappa shape index (κ1) is 18.8. The van der Waals surface area contributed by atoms with E-state index in [9.17, 15) is 9.59 Å². The van der Waals surface area contributed by atoms with Crippen LogP contribution in [-0.4, -0.2) is 25.2 Å². The number of nitrogens with zero attached hydrogens (tertiary/aromatic N) is 1. The molecule has 122 valence electrons. The number of rotatable bonds is 5. The van der Waals surface area contributed by atoms with E-state index < -0.39 is 11.9 Å². The summed E-state index contributed by atoms with van der Waals surface area (Å²) in [4.78, 5) is 23.3. The highest BCUT2D eigenvalue weighted by Gasteiger charge is 2.17. The maximum absolute atomic E-state index is 11.7. The second-order valence-corrected chi connectivity index (χ2v) is 5.39. The van der Waals surface area contributed by atoms with Gasteiger partial charge in [-0.25, -0.2) is 9.59 Å². The topological polar surface area (TPSA) is 88.4 Å². The van der Waals surface area contributed by atoms with Crippen molar-refractivity contribution in [2.45, 2.75) is 20.0 Å². The Balaban J connectivity index is 3.11. The average molecular weight is 357 g/mol. The van der Waals surface area contributed by atoms with Crippen molar-refractivity contribution >= 4 is 40.8 Å². The minimum absolute atomic E-state index is 0.0482. The second-order valence-electron chi connectivity index (χ2n) is 4.57. The molecule has 0 spiro atoms. The molecule has 0 unspecified atom stereocenters. The molecule has 1 N–H and O–H groups in total. The van der Waals surface area contributed by atoms with Crippen molar-refractivity contribution in [1.82, 2.24) is 0 Å². The summed E-state index contributed by atoms with van der Waals surface area (Å²) >= 11 is 12.0. The highest BCUT2D eigenvalue weighted by molar-refractivity contribution is 6.38. The molecule has 0 bridgehead atoms. The summed E-state index contributed by atoms with van der Waals surface area (Å²) in [5, 5.41) is 11.9. The number of carbonyl (C=O) groups excluding carboxylic acids is 2. The van der Waals surface area contributed by atoms with Gasteiger partial charge in [-0.1, -0.05) is 23.2 Å². The van der Waals surface area contributed by atoms with Crippen LogP contribution in [0.2, 0.25) is 10.0 Å². The molecule has 0 saturated heterocycles. The van der Waals surface area contributed by atoms with Crippen LogP contribution >= 0.6 is 23.2 Å². The van der Waals surface area contributed by atoms with Crippen molar-refractivity contribution in [1.29, 1.82) is 5.26 Å². The fourth-order valence-corrected chi connectivity index (χ4v) is 1.98. The van der Waals surface area contributed by atoms with Crippen LogP contribution in [0.3, 0.4) is 0 Å². The molecule has 0 aliphatic rings. The lowest BCUT2D eigenvalue weighted by molar-refractivity contribution is -0.142. The van der Waals surface area contributed by atoms with Crippen molar-refractivity contribution in [3.05, 3.63) is 39.5 Å². The van der Waals surface area contributed by atoms with Crippen LogP contribution in [0.5, 0.6) is 0 Å². The van der Waals surface area contributed by atoms with E-state index in [2.05, 4.69) is 10.1 Å². The molecule has 23 heavy (non-hydrogen) atoms. The fourth-order valence-electron chi connectivity index (χ4n) is 1.52. The number of nitrogens with one attached hydrogen (secondary N) is 1. The molecule has 0 radical (unpaired) electrons. The minimum Gasteiger partial charge on any atom is -0.465 e. The lowest BCUT2D eigenvalue weighted by atomic mass is 10.2. The van der Waals surface area contributed by atoms with Gasteiger partial charge in [0.25, 0.3) is 0 Å². The summed E-state index contributed by atoms with van der Waals surface area (Å²) in [6.45, 7) is 3.33. The summed E-state index contributed by atoms with van der Waals surface area (Å²) in [6, 6.07) is 4.51. The third-order valence-electron chi connectivity index (χ3n) is 2.50. The van der Waals surface area contributed by atoms with E-state index in [-0.39, 0.29) is 33.0 Å². The van der Waals surface area contributed by atoms with Crippen LogP contribution in [0.15, 0.2) is 23.9 Å². The molecule has 0 aliphatic heterocycles. The van der Waals surface area contributed by atoms with E-state index in [1.165, 1.54) is 19.2 Å². The second kappa shape index (κ2) is 8.42. The molecular formula is C15H14Cl2N2O4. The van der Waals surface area contributed by atoms with Gasteiger partial charge in [0, 0.05) is 11.2 Å². The maximum Gasteiger partial charge on any atom is 0.350 e. The number of esters is 2. The molecule has 0 heterocycles. The molecule has 8 heteroatoms. The SMILES string of the molecule is COC(=O)c1cc(Cl)cc(NC=C(C#N)C(=O)OC(C)C)c1Cl. The van der Waals surface area contributed by atoms with Gasteiger partial charge >= 0.3 is 11.9 Å². The zero-order chi connectivity index (χ0) is 17.6. The number of methoxy groups -OCH3 is 1. The minimum atomic E-state index is -0.777.